The maximum atomic E-state index is 12.8. The van der Waals surface area contributed by atoms with E-state index < -0.39 is 10.0 Å². The van der Waals surface area contributed by atoms with Crippen molar-refractivity contribution in [2.24, 2.45) is 0 Å². The highest BCUT2D eigenvalue weighted by atomic mass is 32.2. The summed E-state index contributed by atoms with van der Waals surface area (Å²) in [4.78, 5) is 2.45. The average Bonchev–Trinajstić information content (AvgIpc) is 2.62. The van der Waals surface area contributed by atoms with Crippen molar-refractivity contribution >= 4 is 15.7 Å². The number of ether oxygens (including phenoxy) is 2. The van der Waals surface area contributed by atoms with Crippen LogP contribution in [0.15, 0.2) is 23.1 Å². The summed E-state index contributed by atoms with van der Waals surface area (Å²) in [5.74, 6) is 0.667. The zero-order chi connectivity index (χ0) is 18.4. The number of benzene rings is 1. The molecule has 1 aliphatic heterocycles. The second-order valence-corrected chi connectivity index (χ2v) is 8.21. The molecule has 1 aromatic carbocycles. The number of nitrogens with zero attached hydrogens (tertiary/aromatic N) is 2. The van der Waals surface area contributed by atoms with Crippen LogP contribution in [0.4, 0.5) is 5.69 Å². The SMILES string of the molecule is CCCN(C)S(=O)(=O)c1ccc(OC)c(N2CCNCC2COC)c1. The molecule has 2 rings (SSSR count). The first-order valence-electron chi connectivity index (χ1n) is 8.56. The van der Waals surface area contributed by atoms with Crippen molar-refractivity contribution in [1.29, 1.82) is 0 Å². The minimum absolute atomic E-state index is 0.124. The quantitative estimate of drug-likeness (QED) is 0.739. The molecule has 0 aliphatic carbocycles. The summed E-state index contributed by atoms with van der Waals surface area (Å²) in [5, 5.41) is 3.35. The van der Waals surface area contributed by atoms with Gasteiger partial charge in [0.1, 0.15) is 5.75 Å². The van der Waals surface area contributed by atoms with Crippen LogP contribution in [0.1, 0.15) is 13.3 Å². The Kier molecular flexibility index (Phi) is 7.06. The van der Waals surface area contributed by atoms with E-state index in [0.29, 0.717) is 18.9 Å². The Hall–Kier alpha value is -1.35. The molecule has 1 N–H and O–H groups in total. The zero-order valence-corrected chi connectivity index (χ0v) is 16.3. The lowest BCUT2D eigenvalue weighted by Gasteiger charge is -2.38. The zero-order valence-electron chi connectivity index (χ0n) is 15.5. The number of hydrogen-bond acceptors (Lipinski definition) is 6. The predicted molar refractivity (Wildman–Crippen MR) is 99.0 cm³/mol. The fraction of sp³-hybridized carbons (Fsp3) is 0.647. The second kappa shape index (κ2) is 8.84. The van der Waals surface area contributed by atoms with Gasteiger partial charge in [-0.3, -0.25) is 0 Å². The summed E-state index contributed by atoms with van der Waals surface area (Å²) < 4.78 is 37.8. The number of nitrogens with one attached hydrogen (secondary N) is 1. The molecule has 0 amide bonds. The van der Waals surface area contributed by atoms with Gasteiger partial charge < -0.3 is 19.7 Å². The molecule has 7 nitrogen and oxygen atoms in total. The fourth-order valence-corrected chi connectivity index (χ4v) is 4.37. The number of hydrogen-bond donors (Lipinski definition) is 1. The van der Waals surface area contributed by atoms with Gasteiger partial charge >= 0.3 is 0 Å². The number of anilines is 1. The summed E-state index contributed by atoms with van der Waals surface area (Å²) in [6, 6.07) is 5.18. The normalized spacial score (nSPS) is 18.6. The van der Waals surface area contributed by atoms with Crippen LogP contribution in [0.3, 0.4) is 0 Å². The van der Waals surface area contributed by atoms with Crippen molar-refractivity contribution in [2.75, 3.05) is 59.0 Å². The first-order chi connectivity index (χ1) is 12.0. The maximum absolute atomic E-state index is 12.8. The summed E-state index contributed by atoms with van der Waals surface area (Å²) in [5.41, 5.74) is 0.789. The van der Waals surface area contributed by atoms with Gasteiger partial charge in [0.2, 0.25) is 10.0 Å². The largest absolute Gasteiger partial charge is 0.495 e. The summed E-state index contributed by atoms with van der Waals surface area (Å²) in [7, 11) is 1.37. The molecule has 0 saturated carbocycles. The highest BCUT2D eigenvalue weighted by Gasteiger charge is 2.27. The van der Waals surface area contributed by atoms with Crippen molar-refractivity contribution in [3.05, 3.63) is 18.2 Å². The van der Waals surface area contributed by atoms with Crippen LogP contribution in [-0.4, -0.2) is 72.8 Å². The maximum Gasteiger partial charge on any atom is 0.242 e. The summed E-state index contributed by atoms with van der Waals surface area (Å²) >= 11 is 0. The van der Waals surface area contributed by atoms with Crippen molar-refractivity contribution in [2.45, 2.75) is 24.3 Å². The third-order valence-corrected chi connectivity index (χ3v) is 6.27. The molecule has 1 aliphatic rings. The average molecular weight is 372 g/mol. The van der Waals surface area contributed by atoms with Gasteiger partial charge in [0.25, 0.3) is 0 Å². The Morgan fingerprint density at radius 1 is 1.36 bits per heavy atom. The van der Waals surface area contributed by atoms with E-state index in [2.05, 4.69) is 10.2 Å². The van der Waals surface area contributed by atoms with Gasteiger partial charge in [0.05, 0.1) is 30.3 Å². The molecule has 0 radical (unpaired) electrons. The molecular weight excluding hydrogens is 342 g/mol. The fourth-order valence-electron chi connectivity index (χ4n) is 3.09. The standard InChI is InChI=1S/C17H29N3O4S/c1-5-9-19(2)25(21,22)15-6-7-17(24-4)16(11-15)20-10-8-18-12-14(20)13-23-3/h6-7,11,14,18H,5,8-10,12-13H2,1-4H3. The van der Waals surface area contributed by atoms with Gasteiger partial charge in [0, 0.05) is 40.3 Å². The van der Waals surface area contributed by atoms with Crippen molar-refractivity contribution in [3.63, 3.8) is 0 Å². The Bertz CT molecular complexity index is 664. The first kappa shape index (κ1) is 20.0. The third-order valence-electron chi connectivity index (χ3n) is 4.42. The van der Waals surface area contributed by atoms with Crippen molar-refractivity contribution in [1.82, 2.24) is 9.62 Å². The van der Waals surface area contributed by atoms with E-state index >= 15 is 0 Å². The van der Waals surface area contributed by atoms with E-state index in [9.17, 15) is 8.42 Å². The molecule has 1 unspecified atom stereocenters. The van der Waals surface area contributed by atoms with Gasteiger partial charge in [-0.15, -0.1) is 0 Å². The van der Waals surface area contributed by atoms with Crippen molar-refractivity contribution < 1.29 is 17.9 Å². The van der Waals surface area contributed by atoms with E-state index in [0.717, 1.165) is 31.7 Å². The Balaban J connectivity index is 2.43. The lowest BCUT2D eigenvalue weighted by molar-refractivity contribution is 0.170. The molecule has 0 spiro atoms. The van der Waals surface area contributed by atoms with Crippen LogP contribution in [0, 0.1) is 0 Å². The number of piperazine rings is 1. The van der Waals surface area contributed by atoms with Gasteiger partial charge in [-0.2, -0.15) is 0 Å². The minimum atomic E-state index is -3.51. The van der Waals surface area contributed by atoms with Gasteiger partial charge in [-0.25, -0.2) is 12.7 Å². The first-order valence-corrected chi connectivity index (χ1v) is 10.00. The molecule has 142 valence electrons. The molecule has 0 bridgehead atoms. The van der Waals surface area contributed by atoms with Crippen LogP contribution in [0.25, 0.3) is 0 Å². The second-order valence-electron chi connectivity index (χ2n) is 6.17. The molecule has 1 atom stereocenters. The molecule has 1 aromatic rings. The highest BCUT2D eigenvalue weighted by Crippen LogP contribution is 2.33. The van der Waals surface area contributed by atoms with Gasteiger partial charge in [-0.1, -0.05) is 6.92 Å². The number of sulfonamides is 1. The summed E-state index contributed by atoms with van der Waals surface area (Å²) in [6.45, 7) is 5.38. The Labute approximate surface area is 150 Å². The Morgan fingerprint density at radius 3 is 2.76 bits per heavy atom. The van der Waals surface area contributed by atoms with E-state index in [1.54, 1.807) is 39.5 Å². The van der Waals surface area contributed by atoms with Crippen LogP contribution in [0.2, 0.25) is 0 Å². The number of methoxy groups -OCH3 is 2. The van der Waals surface area contributed by atoms with E-state index in [4.69, 9.17) is 9.47 Å². The lowest BCUT2D eigenvalue weighted by atomic mass is 10.1. The van der Waals surface area contributed by atoms with Gasteiger partial charge in [-0.05, 0) is 24.6 Å². The van der Waals surface area contributed by atoms with E-state index in [-0.39, 0.29) is 10.9 Å². The lowest BCUT2D eigenvalue weighted by Crippen LogP contribution is -2.53. The highest BCUT2D eigenvalue weighted by molar-refractivity contribution is 7.89. The molecule has 0 aromatic heterocycles. The molecule has 1 heterocycles. The van der Waals surface area contributed by atoms with Crippen LogP contribution < -0.4 is 15.0 Å². The smallest absolute Gasteiger partial charge is 0.242 e. The molecule has 1 saturated heterocycles. The molecule has 1 fully saturated rings. The summed E-state index contributed by atoms with van der Waals surface area (Å²) in [6.07, 6.45) is 0.770. The van der Waals surface area contributed by atoms with Gasteiger partial charge in [0.15, 0.2) is 0 Å². The minimum Gasteiger partial charge on any atom is -0.495 e. The molecule has 25 heavy (non-hydrogen) atoms. The molecule has 8 heteroatoms. The Morgan fingerprint density at radius 2 is 2.12 bits per heavy atom. The van der Waals surface area contributed by atoms with E-state index in [1.165, 1.54) is 4.31 Å². The number of rotatable bonds is 8. The monoisotopic (exact) mass is 371 g/mol. The topological polar surface area (TPSA) is 71.1 Å². The van der Waals surface area contributed by atoms with Crippen LogP contribution >= 0.6 is 0 Å². The predicted octanol–water partition coefficient (Wildman–Crippen LogP) is 1.15. The van der Waals surface area contributed by atoms with Crippen LogP contribution in [0.5, 0.6) is 5.75 Å². The van der Waals surface area contributed by atoms with Crippen LogP contribution in [-0.2, 0) is 14.8 Å². The van der Waals surface area contributed by atoms with E-state index in [1.807, 2.05) is 6.92 Å². The molecular formula is C17H29N3O4S. The van der Waals surface area contributed by atoms with Crippen molar-refractivity contribution in [3.8, 4) is 5.75 Å². The third kappa shape index (κ3) is 4.44.